The van der Waals surface area contributed by atoms with Gasteiger partial charge in [-0.1, -0.05) is 12.1 Å². The standard InChI is InChI=1S/C14H21IN2O/c1-18-10-11-6-7-17(9-11)14(8-16)12-2-4-13(15)5-3-12/h2-5,11,14H,6-10,16H2,1H3. The highest BCUT2D eigenvalue weighted by Gasteiger charge is 2.28. The second kappa shape index (κ2) is 6.84. The Bertz CT molecular complexity index is 369. The maximum atomic E-state index is 5.97. The minimum Gasteiger partial charge on any atom is -0.384 e. The van der Waals surface area contributed by atoms with Gasteiger partial charge in [-0.2, -0.15) is 0 Å². The number of likely N-dealkylation sites (tertiary alicyclic amines) is 1. The van der Waals surface area contributed by atoms with Gasteiger partial charge in [-0.15, -0.1) is 0 Å². The molecule has 1 aromatic rings. The van der Waals surface area contributed by atoms with Gasteiger partial charge in [-0.3, -0.25) is 4.90 Å². The van der Waals surface area contributed by atoms with Crippen LogP contribution in [0.1, 0.15) is 18.0 Å². The summed E-state index contributed by atoms with van der Waals surface area (Å²) >= 11 is 2.33. The lowest BCUT2D eigenvalue weighted by Gasteiger charge is -2.27. The van der Waals surface area contributed by atoms with Crippen molar-refractivity contribution in [1.82, 2.24) is 4.90 Å². The first-order valence-corrected chi connectivity index (χ1v) is 7.51. The van der Waals surface area contributed by atoms with Gasteiger partial charge in [0.15, 0.2) is 0 Å². The number of halogens is 1. The van der Waals surface area contributed by atoms with Gasteiger partial charge < -0.3 is 10.5 Å². The molecule has 0 radical (unpaired) electrons. The normalized spacial score (nSPS) is 22.3. The van der Waals surface area contributed by atoms with Gasteiger partial charge >= 0.3 is 0 Å². The molecule has 2 atom stereocenters. The van der Waals surface area contributed by atoms with Crippen molar-refractivity contribution in [3.05, 3.63) is 33.4 Å². The van der Waals surface area contributed by atoms with Crippen molar-refractivity contribution < 1.29 is 4.74 Å². The molecule has 1 saturated heterocycles. The van der Waals surface area contributed by atoms with Gasteiger partial charge in [0.2, 0.25) is 0 Å². The molecule has 0 amide bonds. The summed E-state index contributed by atoms with van der Waals surface area (Å²) in [6, 6.07) is 9.05. The first-order valence-electron chi connectivity index (χ1n) is 6.43. The summed E-state index contributed by atoms with van der Waals surface area (Å²) in [5, 5.41) is 0. The number of nitrogens with two attached hydrogens (primary N) is 1. The summed E-state index contributed by atoms with van der Waals surface area (Å²) < 4.78 is 6.52. The molecule has 2 rings (SSSR count). The number of nitrogens with zero attached hydrogens (tertiary/aromatic N) is 1. The zero-order valence-corrected chi connectivity index (χ0v) is 13.0. The van der Waals surface area contributed by atoms with Crippen LogP contribution >= 0.6 is 22.6 Å². The van der Waals surface area contributed by atoms with E-state index in [2.05, 4.69) is 51.8 Å². The first kappa shape index (κ1) is 14.2. The van der Waals surface area contributed by atoms with Gasteiger partial charge in [-0.25, -0.2) is 0 Å². The lowest BCUT2D eigenvalue weighted by Crippen LogP contribution is -2.32. The molecule has 18 heavy (non-hydrogen) atoms. The van der Waals surface area contributed by atoms with Crippen molar-refractivity contribution in [1.29, 1.82) is 0 Å². The van der Waals surface area contributed by atoms with E-state index >= 15 is 0 Å². The molecule has 1 aliphatic heterocycles. The molecule has 0 saturated carbocycles. The average molecular weight is 360 g/mol. The Morgan fingerprint density at radius 1 is 1.44 bits per heavy atom. The molecule has 0 aromatic heterocycles. The van der Waals surface area contributed by atoms with Crippen LogP contribution in [-0.4, -0.2) is 38.3 Å². The molecule has 100 valence electrons. The van der Waals surface area contributed by atoms with E-state index in [1.54, 1.807) is 7.11 Å². The minimum absolute atomic E-state index is 0.351. The highest BCUT2D eigenvalue weighted by molar-refractivity contribution is 14.1. The summed E-state index contributed by atoms with van der Waals surface area (Å²) in [6.07, 6.45) is 1.22. The van der Waals surface area contributed by atoms with Gasteiger partial charge in [0.05, 0.1) is 6.61 Å². The maximum absolute atomic E-state index is 5.97. The highest BCUT2D eigenvalue weighted by Crippen LogP contribution is 2.27. The third kappa shape index (κ3) is 3.44. The van der Waals surface area contributed by atoms with Crippen LogP contribution in [0.5, 0.6) is 0 Å². The van der Waals surface area contributed by atoms with E-state index in [-0.39, 0.29) is 0 Å². The Morgan fingerprint density at radius 2 is 2.17 bits per heavy atom. The molecule has 2 N–H and O–H groups in total. The molecular formula is C14H21IN2O. The van der Waals surface area contributed by atoms with E-state index in [1.165, 1.54) is 15.6 Å². The van der Waals surface area contributed by atoms with Crippen molar-refractivity contribution >= 4 is 22.6 Å². The van der Waals surface area contributed by atoms with Crippen molar-refractivity contribution in [2.45, 2.75) is 12.5 Å². The fourth-order valence-corrected chi connectivity index (χ4v) is 3.06. The molecule has 1 fully saturated rings. The van der Waals surface area contributed by atoms with Crippen molar-refractivity contribution in [2.75, 3.05) is 33.4 Å². The number of methoxy groups -OCH3 is 1. The first-order chi connectivity index (χ1) is 8.74. The van der Waals surface area contributed by atoms with Crippen LogP contribution in [0, 0.1) is 9.49 Å². The minimum atomic E-state index is 0.351. The van der Waals surface area contributed by atoms with Crippen LogP contribution in [0.3, 0.4) is 0 Å². The summed E-state index contributed by atoms with van der Waals surface area (Å²) in [5.74, 6) is 0.660. The molecule has 0 bridgehead atoms. The summed E-state index contributed by atoms with van der Waals surface area (Å²) in [5.41, 5.74) is 7.30. The fourth-order valence-electron chi connectivity index (χ4n) is 2.70. The Hall–Kier alpha value is -0.170. The number of hydrogen-bond donors (Lipinski definition) is 1. The van der Waals surface area contributed by atoms with Crippen molar-refractivity contribution in [2.24, 2.45) is 11.7 Å². The van der Waals surface area contributed by atoms with Crippen LogP contribution in [0.15, 0.2) is 24.3 Å². The second-order valence-electron chi connectivity index (χ2n) is 4.91. The van der Waals surface area contributed by atoms with E-state index in [0.29, 0.717) is 18.5 Å². The topological polar surface area (TPSA) is 38.5 Å². The molecule has 3 nitrogen and oxygen atoms in total. The zero-order valence-electron chi connectivity index (χ0n) is 10.8. The lowest BCUT2D eigenvalue weighted by molar-refractivity contribution is 0.147. The van der Waals surface area contributed by atoms with E-state index in [1.807, 2.05) is 0 Å². The molecule has 0 spiro atoms. The van der Waals surface area contributed by atoms with Gasteiger partial charge in [0, 0.05) is 29.8 Å². The zero-order chi connectivity index (χ0) is 13.0. The monoisotopic (exact) mass is 360 g/mol. The Morgan fingerprint density at radius 3 is 2.78 bits per heavy atom. The summed E-state index contributed by atoms with van der Waals surface area (Å²) in [4.78, 5) is 2.49. The summed E-state index contributed by atoms with van der Waals surface area (Å²) in [6.45, 7) is 3.77. The fraction of sp³-hybridized carbons (Fsp3) is 0.571. The number of ether oxygens (including phenoxy) is 1. The third-order valence-corrected chi connectivity index (χ3v) is 4.36. The predicted molar refractivity (Wildman–Crippen MR) is 82.5 cm³/mol. The second-order valence-corrected chi connectivity index (χ2v) is 6.15. The number of benzene rings is 1. The largest absolute Gasteiger partial charge is 0.384 e. The van der Waals surface area contributed by atoms with E-state index in [9.17, 15) is 0 Å². The molecule has 0 aliphatic carbocycles. The molecule has 1 heterocycles. The van der Waals surface area contributed by atoms with Gasteiger partial charge in [-0.05, 0) is 59.2 Å². The maximum Gasteiger partial charge on any atom is 0.0503 e. The quantitative estimate of drug-likeness (QED) is 0.819. The number of rotatable bonds is 5. The third-order valence-electron chi connectivity index (χ3n) is 3.64. The van der Waals surface area contributed by atoms with E-state index < -0.39 is 0 Å². The SMILES string of the molecule is COCC1CCN(C(CN)c2ccc(I)cc2)C1. The number of hydrogen-bond acceptors (Lipinski definition) is 3. The molecule has 2 unspecified atom stereocenters. The predicted octanol–water partition coefficient (Wildman–Crippen LogP) is 2.26. The van der Waals surface area contributed by atoms with Crippen LogP contribution in [0.25, 0.3) is 0 Å². The molecule has 1 aliphatic rings. The van der Waals surface area contributed by atoms with Crippen molar-refractivity contribution in [3.63, 3.8) is 0 Å². The highest BCUT2D eigenvalue weighted by atomic mass is 127. The molecule has 1 aromatic carbocycles. The van der Waals surface area contributed by atoms with E-state index in [4.69, 9.17) is 10.5 Å². The van der Waals surface area contributed by atoms with E-state index in [0.717, 1.165) is 19.7 Å². The van der Waals surface area contributed by atoms with Crippen LogP contribution in [-0.2, 0) is 4.74 Å². The van der Waals surface area contributed by atoms with Crippen LogP contribution in [0.2, 0.25) is 0 Å². The smallest absolute Gasteiger partial charge is 0.0503 e. The molecular weight excluding hydrogens is 339 g/mol. The van der Waals surface area contributed by atoms with Crippen molar-refractivity contribution in [3.8, 4) is 0 Å². The van der Waals surface area contributed by atoms with Crippen LogP contribution < -0.4 is 5.73 Å². The molecule has 4 heteroatoms. The van der Waals surface area contributed by atoms with Crippen LogP contribution in [0.4, 0.5) is 0 Å². The summed E-state index contributed by atoms with van der Waals surface area (Å²) in [7, 11) is 1.78. The average Bonchev–Trinajstić information content (AvgIpc) is 2.82. The Balaban J connectivity index is 2.03. The van der Waals surface area contributed by atoms with Gasteiger partial charge in [0.25, 0.3) is 0 Å². The Kier molecular flexibility index (Phi) is 5.41. The lowest BCUT2D eigenvalue weighted by atomic mass is 10.1. The van der Waals surface area contributed by atoms with Gasteiger partial charge in [0.1, 0.15) is 0 Å². The Labute approximate surface area is 123 Å².